The highest BCUT2D eigenvalue weighted by Crippen LogP contribution is 2.18. The lowest BCUT2D eigenvalue weighted by molar-refractivity contribution is 0.562. The molecule has 3 heteroatoms. The summed E-state index contributed by atoms with van der Waals surface area (Å²) in [5, 5.41) is 0. The van der Waals surface area contributed by atoms with Gasteiger partial charge in [-0.2, -0.15) is 0 Å². The van der Waals surface area contributed by atoms with Crippen LogP contribution in [-0.4, -0.2) is 13.8 Å². The van der Waals surface area contributed by atoms with Gasteiger partial charge < -0.3 is 4.80 Å². The van der Waals surface area contributed by atoms with E-state index in [-0.39, 0.29) is 0 Å². The summed E-state index contributed by atoms with van der Waals surface area (Å²) in [5.41, 5.74) is 2.64. The Morgan fingerprint density at radius 1 is 1.54 bits per heavy atom. The first-order valence-corrected chi connectivity index (χ1v) is 7.35. The molecule has 1 aromatic rings. The molecule has 0 saturated heterocycles. The van der Waals surface area contributed by atoms with Crippen molar-refractivity contribution in [1.29, 1.82) is 0 Å². The molecule has 0 bridgehead atoms. The molecule has 0 amide bonds. The Morgan fingerprint density at radius 3 is 2.77 bits per heavy atom. The van der Waals surface area contributed by atoms with Crippen molar-refractivity contribution in [3.05, 3.63) is 35.4 Å². The molecule has 0 spiro atoms. The topological polar surface area (TPSA) is 20.2 Å². The van der Waals surface area contributed by atoms with Crippen LogP contribution in [0.4, 0.5) is 0 Å². The molecule has 0 fully saturated rings. The number of alkyl halides is 1. The number of benzene rings is 1. The molecular formula is C10H15ClOSi. The summed E-state index contributed by atoms with van der Waals surface area (Å²) >= 11 is 5.73. The Labute approximate surface area is 86.1 Å². The SMILES string of the molecule is CC(c1cccc(CCl)c1)[SiH](C)O. The van der Waals surface area contributed by atoms with Gasteiger partial charge in [-0.3, -0.25) is 0 Å². The van der Waals surface area contributed by atoms with E-state index in [4.69, 9.17) is 11.6 Å². The van der Waals surface area contributed by atoms with Gasteiger partial charge in [-0.1, -0.05) is 31.2 Å². The van der Waals surface area contributed by atoms with Crippen LogP contribution < -0.4 is 0 Å². The zero-order valence-electron chi connectivity index (χ0n) is 8.00. The normalized spacial score (nSPS) is 15.4. The van der Waals surface area contributed by atoms with Gasteiger partial charge in [0.2, 0.25) is 0 Å². The Kier molecular flexibility index (Phi) is 3.97. The third kappa shape index (κ3) is 2.83. The molecule has 0 saturated carbocycles. The van der Waals surface area contributed by atoms with Crippen molar-refractivity contribution < 1.29 is 4.80 Å². The molecule has 1 N–H and O–H groups in total. The lowest BCUT2D eigenvalue weighted by atomic mass is 10.1. The van der Waals surface area contributed by atoms with Crippen LogP contribution in [0.25, 0.3) is 0 Å². The molecule has 13 heavy (non-hydrogen) atoms. The van der Waals surface area contributed by atoms with Crippen molar-refractivity contribution in [1.82, 2.24) is 0 Å². The monoisotopic (exact) mass is 214 g/mol. The lowest BCUT2D eigenvalue weighted by Gasteiger charge is -2.13. The first kappa shape index (κ1) is 10.8. The van der Waals surface area contributed by atoms with Gasteiger partial charge in [0.1, 0.15) is 0 Å². The zero-order valence-corrected chi connectivity index (χ0v) is 9.91. The van der Waals surface area contributed by atoms with Crippen molar-refractivity contribution >= 4 is 20.6 Å². The van der Waals surface area contributed by atoms with Crippen LogP contribution >= 0.6 is 11.6 Å². The van der Waals surface area contributed by atoms with Crippen LogP contribution in [0.1, 0.15) is 23.6 Å². The maximum absolute atomic E-state index is 9.54. The molecule has 0 aliphatic heterocycles. The molecule has 0 heterocycles. The number of hydrogen-bond acceptors (Lipinski definition) is 1. The number of rotatable bonds is 3. The second-order valence-electron chi connectivity index (χ2n) is 3.41. The summed E-state index contributed by atoms with van der Waals surface area (Å²) in [6.45, 7) is 4.02. The third-order valence-electron chi connectivity index (χ3n) is 2.35. The molecule has 0 radical (unpaired) electrons. The molecule has 1 rings (SSSR count). The molecular weight excluding hydrogens is 200 g/mol. The first-order valence-electron chi connectivity index (χ1n) is 4.48. The van der Waals surface area contributed by atoms with Gasteiger partial charge in [0.05, 0.1) is 0 Å². The van der Waals surface area contributed by atoms with Gasteiger partial charge >= 0.3 is 0 Å². The minimum Gasteiger partial charge on any atom is -0.434 e. The van der Waals surface area contributed by atoms with Crippen LogP contribution in [0.15, 0.2) is 24.3 Å². The van der Waals surface area contributed by atoms with E-state index in [1.165, 1.54) is 5.56 Å². The van der Waals surface area contributed by atoms with Gasteiger partial charge in [-0.05, 0) is 23.2 Å². The molecule has 1 aromatic carbocycles. The van der Waals surface area contributed by atoms with E-state index in [2.05, 4.69) is 19.1 Å². The molecule has 0 aromatic heterocycles. The van der Waals surface area contributed by atoms with Crippen molar-refractivity contribution in [2.45, 2.75) is 24.9 Å². The van der Waals surface area contributed by atoms with Gasteiger partial charge in [-0.15, -0.1) is 11.6 Å². The van der Waals surface area contributed by atoms with E-state index >= 15 is 0 Å². The molecule has 2 atom stereocenters. The minimum atomic E-state index is -1.57. The van der Waals surface area contributed by atoms with Gasteiger partial charge in [0.25, 0.3) is 0 Å². The molecule has 72 valence electrons. The lowest BCUT2D eigenvalue weighted by Crippen LogP contribution is -2.16. The van der Waals surface area contributed by atoms with Crippen molar-refractivity contribution in [3.8, 4) is 0 Å². The van der Waals surface area contributed by atoms with Crippen LogP contribution in [0.5, 0.6) is 0 Å². The van der Waals surface area contributed by atoms with Crippen LogP contribution in [0, 0.1) is 0 Å². The summed E-state index contributed by atoms with van der Waals surface area (Å²) < 4.78 is 0. The first-order chi connectivity index (χ1) is 6.15. The highest BCUT2D eigenvalue weighted by molar-refractivity contribution is 6.50. The second-order valence-corrected chi connectivity index (χ2v) is 6.16. The number of halogens is 1. The summed E-state index contributed by atoms with van der Waals surface area (Å²) in [6.07, 6.45) is 0. The summed E-state index contributed by atoms with van der Waals surface area (Å²) in [5.74, 6) is 0.544. The van der Waals surface area contributed by atoms with Gasteiger partial charge in [0.15, 0.2) is 9.04 Å². The maximum Gasteiger partial charge on any atom is 0.176 e. The predicted octanol–water partition coefficient (Wildman–Crippen LogP) is 2.41. The van der Waals surface area contributed by atoms with Gasteiger partial charge in [0, 0.05) is 5.88 Å². The van der Waals surface area contributed by atoms with E-state index in [0.29, 0.717) is 11.4 Å². The fourth-order valence-electron chi connectivity index (χ4n) is 1.24. The quantitative estimate of drug-likeness (QED) is 0.606. The second kappa shape index (κ2) is 4.79. The fraction of sp³-hybridized carbons (Fsp3) is 0.400. The maximum atomic E-state index is 9.54. The van der Waals surface area contributed by atoms with E-state index < -0.39 is 9.04 Å². The fourth-order valence-corrected chi connectivity index (χ4v) is 2.17. The third-order valence-corrected chi connectivity index (χ3v) is 4.50. The largest absolute Gasteiger partial charge is 0.434 e. The standard InChI is InChI=1S/C10H15ClOSi/c1-8(13(2)12)10-5-3-4-9(6-10)7-11/h3-6,8,12-13H,7H2,1-2H3. The van der Waals surface area contributed by atoms with Crippen molar-refractivity contribution in [3.63, 3.8) is 0 Å². The zero-order chi connectivity index (χ0) is 9.84. The van der Waals surface area contributed by atoms with Crippen molar-refractivity contribution in [2.24, 2.45) is 0 Å². The summed E-state index contributed by atoms with van der Waals surface area (Å²) in [6, 6.07) is 8.14. The van der Waals surface area contributed by atoms with Crippen LogP contribution in [-0.2, 0) is 5.88 Å². The average molecular weight is 215 g/mol. The summed E-state index contributed by atoms with van der Waals surface area (Å²) in [7, 11) is -1.57. The molecule has 1 nitrogen and oxygen atoms in total. The van der Waals surface area contributed by atoms with Crippen molar-refractivity contribution in [2.75, 3.05) is 0 Å². The van der Waals surface area contributed by atoms with Gasteiger partial charge in [-0.25, -0.2) is 0 Å². The Morgan fingerprint density at radius 2 is 2.23 bits per heavy atom. The van der Waals surface area contributed by atoms with Crippen LogP contribution in [0.2, 0.25) is 6.55 Å². The Hall–Kier alpha value is -0.313. The molecule has 2 unspecified atom stereocenters. The highest BCUT2D eigenvalue weighted by Gasteiger charge is 2.13. The average Bonchev–Trinajstić information content (AvgIpc) is 2.16. The smallest absolute Gasteiger partial charge is 0.176 e. The summed E-state index contributed by atoms with van der Waals surface area (Å²) in [4.78, 5) is 9.54. The van der Waals surface area contributed by atoms with E-state index in [9.17, 15) is 4.80 Å². The van der Waals surface area contributed by atoms with E-state index in [1.807, 2.05) is 18.7 Å². The minimum absolute atomic E-state index is 0.308. The number of hydrogen-bond donors (Lipinski definition) is 1. The van der Waals surface area contributed by atoms with E-state index in [0.717, 1.165) is 5.56 Å². The molecule has 0 aliphatic carbocycles. The van der Waals surface area contributed by atoms with E-state index in [1.54, 1.807) is 0 Å². The van der Waals surface area contributed by atoms with Crippen LogP contribution in [0.3, 0.4) is 0 Å². The predicted molar refractivity (Wildman–Crippen MR) is 59.6 cm³/mol. The Bertz CT molecular complexity index is 275. The molecule has 0 aliphatic rings. The Balaban J connectivity index is 2.88. The highest BCUT2D eigenvalue weighted by atomic mass is 35.5.